The van der Waals surface area contributed by atoms with Gasteiger partial charge in [0.2, 0.25) is 0 Å². The zero-order valence-electron chi connectivity index (χ0n) is 8.56. The van der Waals surface area contributed by atoms with Crippen LogP contribution in [0.5, 0.6) is 0 Å². The molecule has 1 saturated heterocycles. The monoisotopic (exact) mass is 226 g/mol. The first-order valence-corrected chi connectivity index (χ1v) is 5.60. The summed E-state index contributed by atoms with van der Waals surface area (Å²) in [5, 5.41) is 9.63. The van der Waals surface area contributed by atoms with Crippen molar-refractivity contribution in [2.24, 2.45) is 5.92 Å². The van der Waals surface area contributed by atoms with Crippen LogP contribution < -0.4 is 0 Å². The third-order valence-corrected chi connectivity index (χ3v) is 3.20. The van der Waals surface area contributed by atoms with Crippen molar-refractivity contribution in [1.82, 2.24) is 9.88 Å². The summed E-state index contributed by atoms with van der Waals surface area (Å²) in [6.07, 6.45) is 2.78. The SMILES string of the molecule is OCC1CCN(Cc2cccnc2Cl)C1. The first-order chi connectivity index (χ1) is 7.29. The quantitative estimate of drug-likeness (QED) is 0.795. The second-order valence-electron chi connectivity index (χ2n) is 4.03. The minimum Gasteiger partial charge on any atom is -0.396 e. The number of halogens is 1. The number of hydrogen-bond acceptors (Lipinski definition) is 3. The molecule has 1 aliphatic heterocycles. The lowest BCUT2D eigenvalue weighted by Gasteiger charge is -2.15. The van der Waals surface area contributed by atoms with E-state index < -0.39 is 0 Å². The van der Waals surface area contributed by atoms with Crippen molar-refractivity contribution < 1.29 is 5.11 Å². The Morgan fingerprint density at radius 3 is 3.13 bits per heavy atom. The Morgan fingerprint density at radius 2 is 2.47 bits per heavy atom. The molecule has 0 saturated carbocycles. The van der Waals surface area contributed by atoms with E-state index in [4.69, 9.17) is 16.7 Å². The third-order valence-electron chi connectivity index (χ3n) is 2.86. The lowest BCUT2D eigenvalue weighted by molar-refractivity contribution is 0.220. The molecule has 2 heterocycles. The summed E-state index contributed by atoms with van der Waals surface area (Å²) in [6.45, 7) is 3.12. The highest BCUT2D eigenvalue weighted by Crippen LogP contribution is 2.20. The number of aliphatic hydroxyl groups is 1. The Hall–Kier alpha value is -0.640. The van der Waals surface area contributed by atoms with Gasteiger partial charge in [-0.05, 0) is 24.9 Å². The summed E-state index contributed by atoms with van der Waals surface area (Å²) in [6, 6.07) is 3.91. The normalized spacial score (nSPS) is 22.1. The first-order valence-electron chi connectivity index (χ1n) is 5.22. The molecule has 1 unspecified atom stereocenters. The molecule has 1 N–H and O–H groups in total. The second kappa shape index (κ2) is 4.92. The smallest absolute Gasteiger partial charge is 0.133 e. The van der Waals surface area contributed by atoms with Crippen LogP contribution in [0.4, 0.5) is 0 Å². The van der Waals surface area contributed by atoms with Gasteiger partial charge in [0.15, 0.2) is 0 Å². The van der Waals surface area contributed by atoms with E-state index >= 15 is 0 Å². The maximum absolute atomic E-state index is 9.04. The van der Waals surface area contributed by atoms with Crippen LogP contribution in [0.3, 0.4) is 0 Å². The molecule has 1 fully saturated rings. The van der Waals surface area contributed by atoms with Crippen LogP contribution >= 0.6 is 11.6 Å². The Bertz CT molecular complexity index is 332. The topological polar surface area (TPSA) is 36.4 Å². The van der Waals surface area contributed by atoms with Crippen LogP contribution in [0, 0.1) is 5.92 Å². The summed E-state index contributed by atoms with van der Waals surface area (Å²) >= 11 is 5.99. The van der Waals surface area contributed by atoms with E-state index in [-0.39, 0.29) is 6.61 Å². The molecule has 1 aromatic heterocycles. The van der Waals surface area contributed by atoms with Gasteiger partial charge in [0.05, 0.1) is 0 Å². The number of aromatic nitrogens is 1. The van der Waals surface area contributed by atoms with Gasteiger partial charge in [-0.25, -0.2) is 4.98 Å². The number of nitrogens with zero attached hydrogens (tertiary/aromatic N) is 2. The van der Waals surface area contributed by atoms with E-state index in [1.54, 1.807) is 6.20 Å². The van der Waals surface area contributed by atoms with Gasteiger partial charge in [-0.3, -0.25) is 4.90 Å². The highest BCUT2D eigenvalue weighted by Gasteiger charge is 2.22. The van der Waals surface area contributed by atoms with Gasteiger partial charge in [-0.1, -0.05) is 17.7 Å². The van der Waals surface area contributed by atoms with E-state index in [9.17, 15) is 0 Å². The predicted molar refractivity (Wildman–Crippen MR) is 59.7 cm³/mol. The van der Waals surface area contributed by atoms with Gasteiger partial charge in [-0.2, -0.15) is 0 Å². The minimum absolute atomic E-state index is 0.289. The molecule has 1 atom stereocenters. The Kier molecular flexibility index (Phi) is 3.57. The number of aliphatic hydroxyl groups excluding tert-OH is 1. The van der Waals surface area contributed by atoms with Crippen LogP contribution in [0.2, 0.25) is 5.15 Å². The minimum atomic E-state index is 0.289. The summed E-state index contributed by atoms with van der Waals surface area (Å²) in [5.41, 5.74) is 1.07. The van der Waals surface area contributed by atoms with Crippen LogP contribution in [-0.4, -0.2) is 34.7 Å². The molecule has 1 aromatic rings. The van der Waals surface area contributed by atoms with Gasteiger partial charge >= 0.3 is 0 Å². The summed E-state index contributed by atoms with van der Waals surface area (Å²) in [5.74, 6) is 0.431. The molecule has 0 aliphatic carbocycles. The highest BCUT2D eigenvalue weighted by atomic mass is 35.5. The largest absolute Gasteiger partial charge is 0.396 e. The van der Waals surface area contributed by atoms with Crippen molar-refractivity contribution in [3.63, 3.8) is 0 Å². The Morgan fingerprint density at radius 1 is 1.60 bits per heavy atom. The summed E-state index contributed by atoms with van der Waals surface area (Å²) in [4.78, 5) is 6.36. The fourth-order valence-corrected chi connectivity index (χ4v) is 2.16. The average Bonchev–Trinajstić information content (AvgIpc) is 2.69. The van der Waals surface area contributed by atoms with Crippen molar-refractivity contribution in [1.29, 1.82) is 0 Å². The van der Waals surface area contributed by atoms with Crippen molar-refractivity contribution in [3.05, 3.63) is 29.0 Å². The summed E-state index contributed by atoms with van der Waals surface area (Å²) in [7, 11) is 0. The van der Waals surface area contributed by atoms with Crippen molar-refractivity contribution in [2.45, 2.75) is 13.0 Å². The van der Waals surface area contributed by atoms with Gasteiger partial charge in [0.1, 0.15) is 5.15 Å². The van der Waals surface area contributed by atoms with Crippen LogP contribution in [0.15, 0.2) is 18.3 Å². The third kappa shape index (κ3) is 2.68. The lowest BCUT2D eigenvalue weighted by Crippen LogP contribution is -2.21. The van der Waals surface area contributed by atoms with Crippen LogP contribution in [-0.2, 0) is 6.54 Å². The van der Waals surface area contributed by atoms with Crippen molar-refractivity contribution in [2.75, 3.05) is 19.7 Å². The summed E-state index contributed by atoms with van der Waals surface area (Å²) < 4.78 is 0. The fourth-order valence-electron chi connectivity index (χ4n) is 1.98. The maximum Gasteiger partial charge on any atom is 0.133 e. The average molecular weight is 227 g/mol. The Balaban J connectivity index is 1.96. The van der Waals surface area contributed by atoms with E-state index in [1.807, 2.05) is 12.1 Å². The molecule has 0 radical (unpaired) electrons. The molecule has 4 heteroatoms. The van der Waals surface area contributed by atoms with Gasteiger partial charge in [0, 0.05) is 31.5 Å². The maximum atomic E-state index is 9.04. The predicted octanol–water partition coefficient (Wildman–Crippen LogP) is 1.55. The van der Waals surface area contributed by atoms with Crippen LogP contribution in [0.25, 0.3) is 0 Å². The zero-order chi connectivity index (χ0) is 10.7. The second-order valence-corrected chi connectivity index (χ2v) is 4.38. The van der Waals surface area contributed by atoms with Gasteiger partial charge in [0.25, 0.3) is 0 Å². The number of likely N-dealkylation sites (tertiary alicyclic amines) is 1. The molecule has 0 aromatic carbocycles. The molecule has 3 nitrogen and oxygen atoms in total. The molecule has 0 bridgehead atoms. The molecule has 2 rings (SSSR count). The molecular formula is C11H15ClN2O. The molecule has 82 valence electrons. The molecule has 15 heavy (non-hydrogen) atoms. The zero-order valence-corrected chi connectivity index (χ0v) is 9.32. The number of rotatable bonds is 3. The number of pyridine rings is 1. The van der Waals surface area contributed by atoms with Crippen molar-refractivity contribution in [3.8, 4) is 0 Å². The van der Waals surface area contributed by atoms with E-state index in [0.29, 0.717) is 11.1 Å². The Labute approximate surface area is 94.7 Å². The molecule has 0 amide bonds. The van der Waals surface area contributed by atoms with Gasteiger partial charge < -0.3 is 5.11 Å². The molecule has 1 aliphatic rings. The molecule has 0 spiro atoms. The first kappa shape index (κ1) is 10.9. The fraction of sp³-hybridized carbons (Fsp3) is 0.545. The van der Waals surface area contributed by atoms with E-state index in [2.05, 4.69) is 9.88 Å². The van der Waals surface area contributed by atoms with Crippen molar-refractivity contribution >= 4 is 11.6 Å². The number of hydrogen-bond donors (Lipinski definition) is 1. The molecular weight excluding hydrogens is 212 g/mol. The van der Waals surface area contributed by atoms with E-state index in [0.717, 1.165) is 31.6 Å². The van der Waals surface area contributed by atoms with E-state index in [1.165, 1.54) is 0 Å². The van der Waals surface area contributed by atoms with Gasteiger partial charge in [-0.15, -0.1) is 0 Å². The van der Waals surface area contributed by atoms with Crippen LogP contribution in [0.1, 0.15) is 12.0 Å². The highest BCUT2D eigenvalue weighted by molar-refractivity contribution is 6.30. The standard InChI is InChI=1S/C11H15ClN2O/c12-11-10(2-1-4-13-11)7-14-5-3-9(6-14)8-15/h1-2,4,9,15H,3,5-8H2. The lowest BCUT2D eigenvalue weighted by atomic mass is 10.1.